The second-order valence-corrected chi connectivity index (χ2v) is 3.97. The molecule has 1 aliphatic rings. The molecule has 0 aliphatic carbocycles. The van der Waals surface area contributed by atoms with E-state index in [0.29, 0.717) is 12.8 Å². The van der Waals surface area contributed by atoms with Crippen LogP contribution in [0.25, 0.3) is 0 Å². The maximum atomic E-state index is 4.03. The standard InChI is InChI=1S/C12H20BN/c1-5-11(4)13-8-9-14(10-13)12(6-2)7-3/h5-6,12H,1-2,4,7-10H2,3H3. The Morgan fingerprint density at radius 1 is 1.57 bits per heavy atom. The van der Waals surface area contributed by atoms with Gasteiger partial charge >= 0.3 is 0 Å². The molecule has 1 saturated heterocycles. The third kappa shape index (κ3) is 2.39. The average Bonchev–Trinajstić information content (AvgIpc) is 2.68. The number of hydrogen-bond donors (Lipinski definition) is 0. The number of allylic oxidation sites excluding steroid dienone is 2. The molecule has 1 fully saturated rings. The fraction of sp³-hybridized carbons (Fsp3) is 0.500. The summed E-state index contributed by atoms with van der Waals surface area (Å²) in [5.41, 5.74) is 1.19. The Kier molecular flexibility index (Phi) is 4.21. The molecule has 0 amide bonds. The molecular weight excluding hydrogens is 169 g/mol. The zero-order valence-corrected chi connectivity index (χ0v) is 9.21. The van der Waals surface area contributed by atoms with Crippen molar-refractivity contribution in [2.24, 2.45) is 0 Å². The quantitative estimate of drug-likeness (QED) is 0.365. The van der Waals surface area contributed by atoms with Crippen LogP contribution in [0.15, 0.2) is 37.4 Å². The van der Waals surface area contributed by atoms with Crippen molar-refractivity contribution in [3.63, 3.8) is 0 Å². The monoisotopic (exact) mass is 189 g/mol. The van der Waals surface area contributed by atoms with Crippen LogP contribution in [0.2, 0.25) is 6.32 Å². The molecule has 0 aromatic heterocycles. The molecule has 0 radical (unpaired) electrons. The molecule has 1 rings (SSSR count). The molecule has 0 spiro atoms. The largest absolute Gasteiger partial charge is 0.304 e. The van der Waals surface area contributed by atoms with E-state index in [1.807, 2.05) is 6.08 Å². The van der Waals surface area contributed by atoms with Gasteiger partial charge in [-0.15, -0.1) is 13.2 Å². The number of rotatable bonds is 5. The van der Waals surface area contributed by atoms with Gasteiger partial charge in [-0.1, -0.05) is 37.4 Å². The number of hydrogen-bond acceptors (Lipinski definition) is 1. The van der Waals surface area contributed by atoms with Crippen molar-refractivity contribution in [3.8, 4) is 0 Å². The third-order valence-electron chi connectivity index (χ3n) is 3.17. The molecule has 1 heterocycles. The van der Waals surface area contributed by atoms with E-state index in [0.717, 1.165) is 12.9 Å². The van der Waals surface area contributed by atoms with Gasteiger partial charge in [0.15, 0.2) is 6.71 Å². The molecule has 0 aromatic carbocycles. The Balaban J connectivity index is 2.51. The minimum atomic E-state index is 0.539. The van der Waals surface area contributed by atoms with E-state index in [9.17, 15) is 0 Å². The second-order valence-electron chi connectivity index (χ2n) is 3.97. The Morgan fingerprint density at radius 2 is 2.29 bits per heavy atom. The first-order chi connectivity index (χ1) is 6.72. The van der Waals surface area contributed by atoms with Gasteiger partial charge in [0.1, 0.15) is 0 Å². The summed E-state index contributed by atoms with van der Waals surface area (Å²) in [4.78, 5) is 2.49. The van der Waals surface area contributed by atoms with Gasteiger partial charge in [0, 0.05) is 6.04 Å². The first-order valence-electron chi connectivity index (χ1n) is 5.40. The normalized spacial score (nSPS) is 19.4. The number of nitrogens with zero attached hydrogens (tertiary/aromatic N) is 1. The average molecular weight is 189 g/mol. The smallest absolute Gasteiger partial charge is 0.191 e. The van der Waals surface area contributed by atoms with E-state index < -0.39 is 0 Å². The molecule has 1 nitrogen and oxygen atoms in total. The van der Waals surface area contributed by atoms with Crippen LogP contribution in [-0.4, -0.2) is 30.6 Å². The summed E-state index contributed by atoms with van der Waals surface area (Å²) in [6.07, 6.45) is 7.43. The van der Waals surface area contributed by atoms with E-state index in [2.05, 4.69) is 37.6 Å². The van der Waals surface area contributed by atoms with Crippen LogP contribution in [0.4, 0.5) is 0 Å². The predicted molar refractivity (Wildman–Crippen MR) is 65.7 cm³/mol. The van der Waals surface area contributed by atoms with E-state index in [1.165, 1.54) is 18.3 Å². The lowest BCUT2D eigenvalue weighted by molar-refractivity contribution is 0.290. The third-order valence-corrected chi connectivity index (χ3v) is 3.17. The molecule has 0 saturated carbocycles. The fourth-order valence-corrected chi connectivity index (χ4v) is 2.13. The lowest BCUT2D eigenvalue weighted by Crippen LogP contribution is -2.33. The predicted octanol–water partition coefficient (Wildman–Crippen LogP) is 2.58. The fourth-order valence-electron chi connectivity index (χ4n) is 2.13. The van der Waals surface area contributed by atoms with Gasteiger partial charge in [-0.05, 0) is 19.4 Å². The van der Waals surface area contributed by atoms with E-state index >= 15 is 0 Å². The summed E-state index contributed by atoms with van der Waals surface area (Å²) < 4.78 is 0. The highest BCUT2D eigenvalue weighted by atomic mass is 15.1. The molecule has 0 aromatic rings. The van der Waals surface area contributed by atoms with Gasteiger partial charge in [0.2, 0.25) is 0 Å². The highest BCUT2D eigenvalue weighted by Gasteiger charge is 2.29. The molecule has 14 heavy (non-hydrogen) atoms. The Hall–Kier alpha value is -0.755. The summed E-state index contributed by atoms with van der Waals surface area (Å²) in [5, 5.41) is 0. The van der Waals surface area contributed by atoms with Crippen molar-refractivity contribution in [3.05, 3.63) is 37.4 Å². The summed E-state index contributed by atoms with van der Waals surface area (Å²) in [5.74, 6) is 0. The van der Waals surface area contributed by atoms with Crippen LogP contribution in [0, 0.1) is 0 Å². The summed E-state index contributed by atoms with van der Waals surface area (Å²) in [7, 11) is 0. The molecule has 2 heteroatoms. The van der Waals surface area contributed by atoms with Gasteiger partial charge in [-0.25, -0.2) is 0 Å². The molecule has 1 atom stereocenters. The van der Waals surface area contributed by atoms with Gasteiger partial charge in [-0.3, -0.25) is 0 Å². The van der Waals surface area contributed by atoms with Crippen molar-refractivity contribution in [1.29, 1.82) is 0 Å². The molecule has 0 N–H and O–H groups in total. The molecule has 1 aliphatic heterocycles. The van der Waals surface area contributed by atoms with Gasteiger partial charge in [-0.2, -0.15) is 0 Å². The van der Waals surface area contributed by atoms with E-state index in [4.69, 9.17) is 0 Å². The van der Waals surface area contributed by atoms with E-state index in [1.54, 1.807) is 0 Å². The van der Waals surface area contributed by atoms with Crippen LogP contribution < -0.4 is 0 Å². The Bertz CT molecular complexity index is 234. The molecule has 0 bridgehead atoms. The van der Waals surface area contributed by atoms with Crippen LogP contribution in [-0.2, 0) is 0 Å². The minimum absolute atomic E-state index is 0.539. The van der Waals surface area contributed by atoms with Crippen LogP contribution in [0.1, 0.15) is 13.3 Å². The van der Waals surface area contributed by atoms with Crippen molar-refractivity contribution in [2.75, 3.05) is 13.0 Å². The lowest BCUT2D eigenvalue weighted by atomic mass is 9.44. The molecule has 76 valence electrons. The van der Waals surface area contributed by atoms with Crippen molar-refractivity contribution in [1.82, 2.24) is 4.90 Å². The summed E-state index contributed by atoms with van der Waals surface area (Å²) in [6, 6.07) is 0.539. The van der Waals surface area contributed by atoms with Crippen molar-refractivity contribution in [2.45, 2.75) is 25.7 Å². The van der Waals surface area contributed by atoms with Crippen molar-refractivity contribution >= 4 is 6.71 Å². The second kappa shape index (κ2) is 5.21. The highest BCUT2D eigenvalue weighted by Crippen LogP contribution is 2.19. The van der Waals surface area contributed by atoms with Crippen LogP contribution in [0.5, 0.6) is 0 Å². The Morgan fingerprint density at radius 3 is 2.79 bits per heavy atom. The minimum Gasteiger partial charge on any atom is -0.304 e. The topological polar surface area (TPSA) is 3.24 Å². The summed E-state index contributed by atoms with van der Waals surface area (Å²) in [6.45, 7) is 15.7. The first-order valence-corrected chi connectivity index (χ1v) is 5.40. The van der Waals surface area contributed by atoms with Crippen molar-refractivity contribution < 1.29 is 0 Å². The molecule has 1 unspecified atom stereocenters. The maximum absolute atomic E-state index is 4.03. The zero-order chi connectivity index (χ0) is 10.6. The van der Waals surface area contributed by atoms with Gasteiger partial charge in [0.25, 0.3) is 0 Å². The van der Waals surface area contributed by atoms with Gasteiger partial charge < -0.3 is 4.90 Å². The SMILES string of the molecule is C=CC(=C)B1CCN(C(C=C)CC)C1. The Labute approximate surface area is 88.3 Å². The maximum Gasteiger partial charge on any atom is 0.191 e. The van der Waals surface area contributed by atoms with Gasteiger partial charge in [0.05, 0.1) is 0 Å². The lowest BCUT2D eigenvalue weighted by Gasteiger charge is -2.23. The van der Waals surface area contributed by atoms with Crippen LogP contribution >= 0.6 is 0 Å². The molecular formula is C12H20BN. The highest BCUT2D eigenvalue weighted by molar-refractivity contribution is 6.68. The first kappa shape index (κ1) is 11.3. The zero-order valence-electron chi connectivity index (χ0n) is 9.21. The van der Waals surface area contributed by atoms with E-state index in [-0.39, 0.29) is 0 Å². The van der Waals surface area contributed by atoms with Crippen LogP contribution in [0.3, 0.4) is 0 Å². The summed E-state index contributed by atoms with van der Waals surface area (Å²) >= 11 is 0.